The van der Waals surface area contributed by atoms with Crippen LogP contribution in [0, 0.1) is 31.0 Å². The zero-order valence-corrected chi connectivity index (χ0v) is 11.9. The molecule has 0 bridgehead atoms. The van der Waals surface area contributed by atoms with E-state index in [2.05, 4.69) is 10.4 Å². The zero-order chi connectivity index (χ0) is 14.7. The average molecular weight is 272 g/mol. The summed E-state index contributed by atoms with van der Waals surface area (Å²) in [6, 6.07) is 6.40. The van der Waals surface area contributed by atoms with E-state index in [-0.39, 0.29) is 5.82 Å². The van der Waals surface area contributed by atoms with Gasteiger partial charge in [0.05, 0.1) is 23.9 Å². The third-order valence-corrected chi connectivity index (χ3v) is 3.38. The molecule has 0 amide bonds. The number of benzene rings is 1. The predicted octanol–water partition coefficient (Wildman–Crippen LogP) is 2.28. The minimum Gasteiger partial charge on any atom is -0.316 e. The predicted molar refractivity (Wildman–Crippen MR) is 74.7 cm³/mol. The molecule has 0 aliphatic rings. The van der Waals surface area contributed by atoms with E-state index in [1.54, 1.807) is 10.7 Å². The first-order valence-corrected chi connectivity index (χ1v) is 6.42. The number of aryl methyl sites for hydroxylation is 1. The van der Waals surface area contributed by atoms with Crippen molar-refractivity contribution in [3.8, 4) is 6.07 Å². The Labute approximate surface area is 117 Å². The Morgan fingerprint density at radius 2 is 2.15 bits per heavy atom. The molecular weight excluding hydrogens is 255 g/mol. The van der Waals surface area contributed by atoms with Crippen LogP contribution >= 0.6 is 0 Å². The summed E-state index contributed by atoms with van der Waals surface area (Å²) in [4.78, 5) is 0. The van der Waals surface area contributed by atoms with Gasteiger partial charge >= 0.3 is 0 Å². The fraction of sp³-hybridized carbons (Fsp3) is 0.333. The van der Waals surface area contributed by atoms with Crippen LogP contribution in [0.5, 0.6) is 0 Å². The van der Waals surface area contributed by atoms with Crippen molar-refractivity contribution in [2.75, 3.05) is 7.05 Å². The van der Waals surface area contributed by atoms with Gasteiger partial charge in [0.15, 0.2) is 0 Å². The molecule has 0 unspecified atom stereocenters. The molecule has 0 radical (unpaired) electrons. The Morgan fingerprint density at radius 3 is 2.80 bits per heavy atom. The number of nitriles is 1. The minimum atomic E-state index is -0.313. The van der Waals surface area contributed by atoms with Crippen LogP contribution in [0.25, 0.3) is 0 Å². The van der Waals surface area contributed by atoms with Crippen LogP contribution in [0.3, 0.4) is 0 Å². The second-order valence-electron chi connectivity index (χ2n) is 4.76. The summed E-state index contributed by atoms with van der Waals surface area (Å²) in [7, 11) is 1.88. The Balaban J connectivity index is 2.36. The lowest BCUT2D eigenvalue weighted by Gasteiger charge is -2.07. The van der Waals surface area contributed by atoms with Crippen molar-refractivity contribution in [1.29, 1.82) is 5.26 Å². The van der Waals surface area contributed by atoms with E-state index in [0.717, 1.165) is 23.5 Å². The molecule has 5 heteroatoms. The molecule has 0 aliphatic carbocycles. The number of hydrogen-bond donors (Lipinski definition) is 1. The summed E-state index contributed by atoms with van der Waals surface area (Å²) in [5.41, 5.74) is 4.01. The maximum absolute atomic E-state index is 13.8. The van der Waals surface area contributed by atoms with Gasteiger partial charge in [0, 0.05) is 23.4 Å². The fourth-order valence-corrected chi connectivity index (χ4v) is 2.25. The molecule has 0 fully saturated rings. The molecule has 0 atom stereocenters. The first-order chi connectivity index (χ1) is 9.56. The van der Waals surface area contributed by atoms with Gasteiger partial charge in [0.1, 0.15) is 5.82 Å². The Bertz CT molecular complexity index is 667. The smallest absolute Gasteiger partial charge is 0.128 e. The van der Waals surface area contributed by atoms with Crippen LogP contribution in [-0.2, 0) is 13.1 Å². The van der Waals surface area contributed by atoms with E-state index < -0.39 is 0 Å². The van der Waals surface area contributed by atoms with E-state index in [4.69, 9.17) is 5.26 Å². The number of aromatic nitrogens is 2. The molecule has 1 heterocycles. The largest absolute Gasteiger partial charge is 0.316 e. The van der Waals surface area contributed by atoms with Crippen LogP contribution in [0.1, 0.15) is 28.1 Å². The SMILES string of the molecule is CNCc1c(C)nn(Cc2cc(C#N)ccc2F)c1C. The molecule has 20 heavy (non-hydrogen) atoms. The number of nitrogens with one attached hydrogen (secondary N) is 1. The van der Waals surface area contributed by atoms with E-state index in [9.17, 15) is 4.39 Å². The molecular formula is C15H17FN4. The Morgan fingerprint density at radius 1 is 1.40 bits per heavy atom. The highest BCUT2D eigenvalue weighted by molar-refractivity contribution is 5.34. The van der Waals surface area contributed by atoms with Crippen molar-refractivity contribution in [1.82, 2.24) is 15.1 Å². The first-order valence-electron chi connectivity index (χ1n) is 6.42. The summed E-state index contributed by atoms with van der Waals surface area (Å²) >= 11 is 0. The summed E-state index contributed by atoms with van der Waals surface area (Å²) in [6.07, 6.45) is 0. The lowest BCUT2D eigenvalue weighted by molar-refractivity contribution is 0.578. The van der Waals surface area contributed by atoms with Crippen LogP contribution < -0.4 is 5.32 Å². The van der Waals surface area contributed by atoms with E-state index in [1.807, 2.05) is 27.0 Å². The van der Waals surface area contributed by atoms with Crippen LogP contribution in [-0.4, -0.2) is 16.8 Å². The maximum atomic E-state index is 13.8. The Hall–Kier alpha value is -2.19. The van der Waals surface area contributed by atoms with Crippen molar-refractivity contribution in [2.24, 2.45) is 0 Å². The van der Waals surface area contributed by atoms with Crippen molar-refractivity contribution in [2.45, 2.75) is 26.9 Å². The average Bonchev–Trinajstić information content (AvgIpc) is 2.69. The molecule has 0 aliphatic heterocycles. The lowest BCUT2D eigenvalue weighted by Crippen LogP contribution is -2.09. The van der Waals surface area contributed by atoms with Gasteiger partial charge in [0.2, 0.25) is 0 Å². The topological polar surface area (TPSA) is 53.6 Å². The van der Waals surface area contributed by atoms with Crippen molar-refractivity contribution < 1.29 is 4.39 Å². The van der Waals surface area contributed by atoms with Gasteiger partial charge in [-0.1, -0.05) is 0 Å². The molecule has 1 aromatic carbocycles. The van der Waals surface area contributed by atoms with Crippen molar-refractivity contribution in [3.63, 3.8) is 0 Å². The monoisotopic (exact) mass is 272 g/mol. The van der Waals surface area contributed by atoms with Crippen molar-refractivity contribution in [3.05, 3.63) is 52.1 Å². The van der Waals surface area contributed by atoms with Gasteiger partial charge in [0.25, 0.3) is 0 Å². The fourth-order valence-electron chi connectivity index (χ4n) is 2.25. The van der Waals surface area contributed by atoms with Gasteiger partial charge in [-0.05, 0) is 39.1 Å². The highest BCUT2D eigenvalue weighted by Crippen LogP contribution is 2.17. The standard InChI is InChI=1S/C15H17FN4/c1-10-14(8-18-3)11(2)20(19-10)9-13-6-12(7-17)4-5-15(13)16/h4-6,18H,8-9H2,1-3H3. The second-order valence-corrected chi connectivity index (χ2v) is 4.76. The van der Waals surface area contributed by atoms with Crippen LogP contribution in [0.15, 0.2) is 18.2 Å². The molecule has 2 aromatic rings. The molecule has 0 saturated carbocycles. The summed E-state index contributed by atoms with van der Waals surface area (Å²) in [5.74, 6) is -0.313. The molecule has 4 nitrogen and oxygen atoms in total. The quantitative estimate of drug-likeness (QED) is 0.929. The molecule has 1 aromatic heterocycles. The van der Waals surface area contributed by atoms with Crippen molar-refractivity contribution >= 4 is 0 Å². The third-order valence-electron chi connectivity index (χ3n) is 3.38. The van der Waals surface area contributed by atoms with Crippen LogP contribution in [0.2, 0.25) is 0 Å². The molecule has 0 saturated heterocycles. The lowest BCUT2D eigenvalue weighted by atomic mass is 10.1. The van der Waals surface area contributed by atoms with Gasteiger partial charge in [-0.3, -0.25) is 4.68 Å². The number of hydrogen-bond acceptors (Lipinski definition) is 3. The minimum absolute atomic E-state index is 0.313. The first kappa shape index (κ1) is 14.2. The number of nitrogens with zero attached hydrogens (tertiary/aromatic N) is 3. The highest BCUT2D eigenvalue weighted by Gasteiger charge is 2.12. The third kappa shape index (κ3) is 2.70. The van der Waals surface area contributed by atoms with Gasteiger partial charge in [-0.15, -0.1) is 0 Å². The van der Waals surface area contributed by atoms with Crippen LogP contribution in [0.4, 0.5) is 4.39 Å². The van der Waals surface area contributed by atoms with Gasteiger partial charge < -0.3 is 5.32 Å². The normalized spacial score (nSPS) is 10.6. The molecule has 104 valence electrons. The number of rotatable bonds is 4. The van der Waals surface area contributed by atoms with Gasteiger partial charge in [-0.25, -0.2) is 4.39 Å². The Kier molecular flexibility index (Phi) is 4.16. The molecule has 2 rings (SSSR count). The maximum Gasteiger partial charge on any atom is 0.128 e. The zero-order valence-electron chi connectivity index (χ0n) is 11.9. The summed E-state index contributed by atoms with van der Waals surface area (Å²) < 4.78 is 15.6. The molecule has 1 N–H and O–H groups in total. The highest BCUT2D eigenvalue weighted by atomic mass is 19.1. The summed E-state index contributed by atoms with van der Waals surface area (Å²) in [6.45, 7) is 4.98. The van der Waals surface area contributed by atoms with E-state index >= 15 is 0 Å². The van der Waals surface area contributed by atoms with E-state index in [0.29, 0.717) is 17.7 Å². The molecule has 0 spiro atoms. The van der Waals surface area contributed by atoms with Gasteiger partial charge in [-0.2, -0.15) is 10.4 Å². The van der Waals surface area contributed by atoms with E-state index in [1.165, 1.54) is 12.1 Å². The number of halogens is 1. The second kappa shape index (κ2) is 5.85. The summed E-state index contributed by atoms with van der Waals surface area (Å²) in [5, 5.41) is 16.4.